The first-order chi connectivity index (χ1) is 8.90. The van der Waals surface area contributed by atoms with Crippen LogP contribution in [0.3, 0.4) is 0 Å². The molecule has 19 heavy (non-hydrogen) atoms. The van der Waals surface area contributed by atoms with Gasteiger partial charge in [0, 0.05) is 12.1 Å². The Morgan fingerprint density at radius 1 is 1.26 bits per heavy atom. The zero-order chi connectivity index (χ0) is 14.0. The topological polar surface area (TPSA) is 60.5 Å². The third-order valence-corrected chi connectivity index (χ3v) is 3.40. The van der Waals surface area contributed by atoms with Crippen LogP contribution in [-0.2, 0) is 6.54 Å². The van der Waals surface area contributed by atoms with E-state index in [1.807, 2.05) is 26.2 Å². The van der Waals surface area contributed by atoms with Crippen LogP contribution in [0.25, 0.3) is 0 Å². The van der Waals surface area contributed by atoms with Gasteiger partial charge in [-0.05, 0) is 18.2 Å². The van der Waals surface area contributed by atoms with Gasteiger partial charge in [0.25, 0.3) is 4.92 Å². The first-order valence-corrected chi connectivity index (χ1v) is 6.06. The van der Waals surface area contributed by atoms with E-state index in [0.29, 0.717) is 16.6 Å². The third-order valence-electron chi connectivity index (χ3n) is 3.40. The molecule has 0 aromatic heterocycles. The summed E-state index contributed by atoms with van der Waals surface area (Å²) in [6.07, 6.45) is 8.17. The lowest BCUT2D eigenvalue weighted by Crippen LogP contribution is -2.45. The molecule has 0 saturated heterocycles. The number of benzene rings is 1. The highest BCUT2D eigenvalue weighted by molar-refractivity contribution is 5.42. The molecule has 0 atom stereocenters. The maximum Gasteiger partial charge on any atom is 0.317 e. The fourth-order valence-corrected chi connectivity index (χ4v) is 2.25. The van der Waals surface area contributed by atoms with E-state index in [1.54, 1.807) is 0 Å². The molecule has 0 bridgehead atoms. The van der Waals surface area contributed by atoms with Gasteiger partial charge in [0.15, 0.2) is 0 Å². The SMILES string of the molecule is C[N+](C)(Cc1cc([N+](=O)O)ccc1O)C1C=CC=C1. The summed E-state index contributed by atoms with van der Waals surface area (Å²) in [5.74, 6) is 0.128. The number of quaternary nitrogens is 1. The summed E-state index contributed by atoms with van der Waals surface area (Å²) < 4.78 is 0.619. The fourth-order valence-electron chi connectivity index (χ4n) is 2.25. The maximum absolute atomic E-state index is 10.9. The van der Waals surface area contributed by atoms with Crippen molar-refractivity contribution >= 4 is 5.69 Å². The van der Waals surface area contributed by atoms with Gasteiger partial charge in [-0.25, -0.2) is 5.21 Å². The molecule has 0 spiro atoms. The minimum absolute atomic E-state index is 0.116. The molecule has 5 heteroatoms. The van der Waals surface area contributed by atoms with Crippen molar-refractivity contribution < 1.29 is 19.7 Å². The highest BCUT2D eigenvalue weighted by atomic mass is 16.6. The number of nitrogens with zero attached hydrogens (tertiary/aromatic N) is 2. The molecule has 5 nitrogen and oxygen atoms in total. The van der Waals surface area contributed by atoms with Gasteiger partial charge in [-0.2, -0.15) is 0 Å². The smallest absolute Gasteiger partial charge is 0.317 e. The molecule has 0 amide bonds. The molecular weight excluding hydrogens is 244 g/mol. The molecule has 1 aromatic carbocycles. The van der Waals surface area contributed by atoms with Crippen molar-refractivity contribution in [1.82, 2.24) is 0 Å². The highest BCUT2D eigenvalue weighted by Crippen LogP contribution is 2.27. The predicted octanol–water partition coefficient (Wildman–Crippen LogP) is 2.26. The average molecular weight is 262 g/mol. The Bertz CT molecular complexity index is 550. The second kappa shape index (κ2) is 4.85. The lowest BCUT2D eigenvalue weighted by molar-refractivity contribution is -0.914. The van der Waals surface area contributed by atoms with Crippen molar-refractivity contribution in [2.45, 2.75) is 12.6 Å². The van der Waals surface area contributed by atoms with Gasteiger partial charge < -0.3 is 9.59 Å². The van der Waals surface area contributed by atoms with Gasteiger partial charge in [-0.1, -0.05) is 12.2 Å². The molecule has 1 aliphatic rings. The molecule has 1 aromatic rings. The van der Waals surface area contributed by atoms with Crippen LogP contribution in [0, 0.1) is 4.91 Å². The van der Waals surface area contributed by atoms with Crippen molar-refractivity contribution in [3.63, 3.8) is 0 Å². The van der Waals surface area contributed by atoms with E-state index in [2.05, 4.69) is 12.2 Å². The molecule has 0 aliphatic heterocycles. The van der Waals surface area contributed by atoms with E-state index >= 15 is 0 Å². The summed E-state index contributed by atoms with van der Waals surface area (Å²) in [6.45, 7) is 0.548. The van der Waals surface area contributed by atoms with Crippen LogP contribution in [-0.4, -0.2) is 39.9 Å². The fraction of sp³-hybridized carbons (Fsp3) is 0.286. The van der Waals surface area contributed by atoms with Crippen molar-refractivity contribution in [2.24, 2.45) is 0 Å². The summed E-state index contributed by atoms with van der Waals surface area (Å²) in [4.78, 5) is 10.7. The lowest BCUT2D eigenvalue weighted by Gasteiger charge is -2.34. The van der Waals surface area contributed by atoms with Crippen LogP contribution in [0.15, 0.2) is 42.5 Å². The summed E-state index contributed by atoms with van der Waals surface area (Å²) >= 11 is 0. The van der Waals surface area contributed by atoms with Crippen LogP contribution >= 0.6 is 0 Å². The lowest BCUT2D eigenvalue weighted by atomic mass is 10.1. The molecular formula is C14H18N2O3+2. The van der Waals surface area contributed by atoms with Crippen LogP contribution in [0.1, 0.15) is 5.56 Å². The summed E-state index contributed by atoms with van der Waals surface area (Å²) in [7, 11) is 4.09. The first-order valence-electron chi connectivity index (χ1n) is 6.06. The van der Waals surface area contributed by atoms with E-state index < -0.39 is 0 Å². The molecule has 0 saturated carbocycles. The Balaban J connectivity index is 2.27. The number of rotatable bonds is 4. The van der Waals surface area contributed by atoms with Crippen LogP contribution in [0.4, 0.5) is 5.69 Å². The molecule has 0 heterocycles. The number of likely N-dealkylation sites (N-methyl/N-ethyl adjacent to an activating group) is 1. The number of phenolic OH excluding ortho intramolecular Hbond substituents is 1. The van der Waals surface area contributed by atoms with Gasteiger partial charge in [0.1, 0.15) is 18.3 Å². The molecule has 0 radical (unpaired) electrons. The van der Waals surface area contributed by atoms with Gasteiger partial charge in [0.05, 0.1) is 24.6 Å². The van der Waals surface area contributed by atoms with Crippen molar-refractivity contribution in [1.29, 1.82) is 0 Å². The Morgan fingerprint density at radius 3 is 2.47 bits per heavy atom. The van der Waals surface area contributed by atoms with E-state index in [-0.39, 0.29) is 22.4 Å². The van der Waals surface area contributed by atoms with E-state index in [1.165, 1.54) is 18.2 Å². The molecule has 0 fully saturated rings. The Labute approximate surface area is 111 Å². The Kier molecular flexibility index (Phi) is 3.40. The number of aromatic hydroxyl groups is 1. The Hall–Kier alpha value is -2.14. The van der Waals surface area contributed by atoms with Crippen LogP contribution < -0.4 is 0 Å². The largest absolute Gasteiger partial charge is 0.507 e. The van der Waals surface area contributed by atoms with E-state index in [4.69, 9.17) is 5.21 Å². The zero-order valence-corrected chi connectivity index (χ0v) is 11.0. The van der Waals surface area contributed by atoms with Crippen molar-refractivity contribution in [3.8, 4) is 5.75 Å². The standard InChI is InChI=1S/C14H17N2O3/c1-16(2,13-5-3-4-6-13)10-11-9-12(15(18)19)7-8-14(11)17/h3-9,13H,10H2,1-2H3,(H-,17,18,19)/q+1/p+1. The first kappa shape index (κ1) is 13.3. The van der Waals surface area contributed by atoms with Gasteiger partial charge in [-0.3, -0.25) is 0 Å². The number of hydrogen-bond acceptors (Lipinski definition) is 2. The normalized spacial score (nSPS) is 15.1. The third kappa shape index (κ3) is 2.82. The van der Waals surface area contributed by atoms with Crippen molar-refractivity contribution in [2.75, 3.05) is 14.1 Å². The average Bonchev–Trinajstić information content (AvgIpc) is 2.85. The molecule has 2 rings (SSSR count). The van der Waals surface area contributed by atoms with Crippen molar-refractivity contribution in [3.05, 3.63) is 53.0 Å². The van der Waals surface area contributed by atoms with Crippen LogP contribution in [0.2, 0.25) is 0 Å². The molecule has 0 unspecified atom stereocenters. The molecule has 2 N–H and O–H groups in total. The minimum Gasteiger partial charge on any atom is -0.507 e. The summed E-state index contributed by atoms with van der Waals surface area (Å²) in [5, 5.41) is 18.8. The van der Waals surface area contributed by atoms with E-state index in [9.17, 15) is 10.0 Å². The number of hydrogen-bond donors (Lipinski definition) is 2. The predicted molar refractivity (Wildman–Crippen MR) is 71.1 cm³/mol. The molecule has 100 valence electrons. The maximum atomic E-state index is 10.9. The van der Waals surface area contributed by atoms with Gasteiger partial charge >= 0.3 is 5.69 Å². The van der Waals surface area contributed by atoms with Gasteiger partial charge in [0.2, 0.25) is 0 Å². The monoisotopic (exact) mass is 262 g/mol. The molecule has 1 aliphatic carbocycles. The van der Waals surface area contributed by atoms with Crippen LogP contribution in [0.5, 0.6) is 5.75 Å². The number of allylic oxidation sites excluding steroid dienone is 2. The minimum atomic E-state index is -0.196. The quantitative estimate of drug-likeness (QED) is 0.646. The zero-order valence-electron chi connectivity index (χ0n) is 11.0. The summed E-state index contributed by atoms with van der Waals surface area (Å²) in [6, 6.07) is 4.54. The second-order valence-corrected chi connectivity index (χ2v) is 5.28. The summed E-state index contributed by atoms with van der Waals surface area (Å²) in [5.41, 5.74) is 0.747. The second-order valence-electron chi connectivity index (χ2n) is 5.28. The highest BCUT2D eigenvalue weighted by Gasteiger charge is 2.28. The van der Waals surface area contributed by atoms with E-state index in [0.717, 1.165) is 0 Å². The Morgan fingerprint density at radius 2 is 1.89 bits per heavy atom. The van der Waals surface area contributed by atoms with Gasteiger partial charge in [-0.15, -0.1) is 0 Å². The number of phenols is 1.